The van der Waals surface area contributed by atoms with E-state index in [0.717, 1.165) is 22.6 Å². The number of nitrogens with one attached hydrogen (secondary N) is 1. The average molecular weight is 340 g/mol. The lowest BCUT2D eigenvalue weighted by Gasteiger charge is -2.17. The Morgan fingerprint density at radius 1 is 1.00 bits per heavy atom. The molecule has 0 aliphatic heterocycles. The van der Waals surface area contributed by atoms with E-state index in [4.69, 9.17) is 32.7 Å². The third-order valence-electron chi connectivity index (χ3n) is 3.45. The molecule has 2 aromatic rings. The zero-order valence-electron chi connectivity index (χ0n) is 12.8. The van der Waals surface area contributed by atoms with Gasteiger partial charge in [0.05, 0.1) is 14.2 Å². The standard InChI is InChI=1S/C17H19Cl2NO2/c1-11(16-5-4-13(18)8-17(16)19)20-10-12-6-14(21-2)9-15(7-12)22-3/h4-9,11,20H,10H2,1-3H3. The van der Waals surface area contributed by atoms with Crippen molar-refractivity contribution < 1.29 is 9.47 Å². The number of ether oxygens (including phenoxy) is 2. The van der Waals surface area contributed by atoms with Gasteiger partial charge in [-0.1, -0.05) is 29.3 Å². The highest BCUT2D eigenvalue weighted by molar-refractivity contribution is 6.35. The van der Waals surface area contributed by atoms with E-state index in [1.807, 2.05) is 30.3 Å². The van der Waals surface area contributed by atoms with Crippen LogP contribution in [-0.4, -0.2) is 14.2 Å². The van der Waals surface area contributed by atoms with Crippen LogP contribution in [0.4, 0.5) is 0 Å². The molecule has 1 atom stereocenters. The van der Waals surface area contributed by atoms with Gasteiger partial charge >= 0.3 is 0 Å². The molecule has 2 rings (SSSR count). The van der Waals surface area contributed by atoms with Gasteiger partial charge in [-0.15, -0.1) is 0 Å². The van der Waals surface area contributed by atoms with E-state index in [2.05, 4.69) is 12.2 Å². The van der Waals surface area contributed by atoms with Crippen LogP contribution in [0.15, 0.2) is 36.4 Å². The summed E-state index contributed by atoms with van der Waals surface area (Å²) in [6, 6.07) is 11.4. The third kappa shape index (κ3) is 4.29. The summed E-state index contributed by atoms with van der Waals surface area (Å²) in [5, 5.41) is 4.74. The summed E-state index contributed by atoms with van der Waals surface area (Å²) in [6.07, 6.45) is 0. The molecule has 0 aliphatic rings. The van der Waals surface area contributed by atoms with Gasteiger partial charge in [-0.2, -0.15) is 0 Å². The van der Waals surface area contributed by atoms with Gasteiger partial charge in [-0.05, 0) is 42.3 Å². The molecule has 0 spiro atoms. The molecule has 2 aromatic carbocycles. The fourth-order valence-electron chi connectivity index (χ4n) is 2.20. The molecule has 3 nitrogen and oxygen atoms in total. The van der Waals surface area contributed by atoms with Crippen molar-refractivity contribution in [2.24, 2.45) is 0 Å². The van der Waals surface area contributed by atoms with E-state index in [1.54, 1.807) is 20.3 Å². The molecule has 0 amide bonds. The average Bonchev–Trinajstić information content (AvgIpc) is 2.52. The Bertz CT molecular complexity index is 624. The van der Waals surface area contributed by atoms with Gasteiger partial charge < -0.3 is 14.8 Å². The predicted octanol–water partition coefficient (Wildman–Crippen LogP) is 4.86. The SMILES string of the molecule is COc1cc(CNC(C)c2ccc(Cl)cc2Cl)cc(OC)c1. The summed E-state index contributed by atoms with van der Waals surface area (Å²) in [6.45, 7) is 2.74. The fourth-order valence-corrected chi connectivity index (χ4v) is 2.77. The first-order valence-electron chi connectivity index (χ1n) is 6.93. The summed E-state index contributed by atoms with van der Waals surface area (Å²) >= 11 is 12.2. The molecule has 0 aliphatic carbocycles. The first-order chi connectivity index (χ1) is 10.5. The summed E-state index contributed by atoms with van der Waals surface area (Å²) in [7, 11) is 3.28. The lowest BCUT2D eigenvalue weighted by atomic mass is 10.1. The summed E-state index contributed by atoms with van der Waals surface area (Å²) in [5.74, 6) is 1.54. The summed E-state index contributed by atoms with van der Waals surface area (Å²) in [4.78, 5) is 0. The van der Waals surface area contributed by atoms with Crippen LogP contribution in [0, 0.1) is 0 Å². The van der Waals surface area contributed by atoms with Crippen molar-refractivity contribution in [2.75, 3.05) is 14.2 Å². The summed E-state index contributed by atoms with van der Waals surface area (Å²) < 4.78 is 10.6. The summed E-state index contributed by atoms with van der Waals surface area (Å²) in [5.41, 5.74) is 2.09. The van der Waals surface area contributed by atoms with Crippen LogP contribution in [-0.2, 0) is 6.54 Å². The van der Waals surface area contributed by atoms with E-state index in [0.29, 0.717) is 16.6 Å². The maximum Gasteiger partial charge on any atom is 0.122 e. The van der Waals surface area contributed by atoms with Gasteiger partial charge in [0.15, 0.2) is 0 Å². The molecule has 22 heavy (non-hydrogen) atoms. The predicted molar refractivity (Wildman–Crippen MR) is 91.3 cm³/mol. The first-order valence-corrected chi connectivity index (χ1v) is 7.69. The Labute approximate surface area is 141 Å². The minimum absolute atomic E-state index is 0.0990. The number of methoxy groups -OCH3 is 2. The van der Waals surface area contributed by atoms with Gasteiger partial charge in [0, 0.05) is 28.7 Å². The van der Waals surface area contributed by atoms with Crippen LogP contribution < -0.4 is 14.8 Å². The van der Waals surface area contributed by atoms with Crippen LogP contribution in [0.3, 0.4) is 0 Å². The van der Waals surface area contributed by atoms with E-state index < -0.39 is 0 Å². The molecule has 0 bridgehead atoms. The van der Waals surface area contributed by atoms with Gasteiger partial charge in [0.2, 0.25) is 0 Å². The second kappa shape index (κ2) is 7.73. The molecule has 5 heteroatoms. The Kier molecular flexibility index (Phi) is 5.95. The monoisotopic (exact) mass is 339 g/mol. The second-order valence-corrected chi connectivity index (χ2v) is 5.83. The molecular formula is C17H19Cl2NO2. The zero-order chi connectivity index (χ0) is 16.1. The Hall–Kier alpha value is -1.42. The quantitative estimate of drug-likeness (QED) is 0.814. The molecule has 0 saturated carbocycles. The normalized spacial score (nSPS) is 12.0. The number of benzene rings is 2. The van der Waals surface area contributed by atoms with Crippen molar-refractivity contribution in [1.82, 2.24) is 5.32 Å². The van der Waals surface area contributed by atoms with Crippen LogP contribution >= 0.6 is 23.2 Å². The van der Waals surface area contributed by atoms with E-state index in [-0.39, 0.29) is 6.04 Å². The van der Waals surface area contributed by atoms with E-state index in [1.165, 1.54) is 0 Å². The molecule has 0 radical (unpaired) electrons. The number of hydrogen-bond acceptors (Lipinski definition) is 3. The smallest absolute Gasteiger partial charge is 0.122 e. The lowest BCUT2D eigenvalue weighted by Crippen LogP contribution is -2.18. The maximum absolute atomic E-state index is 6.24. The molecule has 0 aromatic heterocycles. The zero-order valence-corrected chi connectivity index (χ0v) is 14.3. The van der Waals surface area contributed by atoms with Crippen LogP contribution in [0.2, 0.25) is 10.0 Å². The minimum Gasteiger partial charge on any atom is -0.497 e. The largest absolute Gasteiger partial charge is 0.497 e. The van der Waals surface area contributed by atoms with E-state index in [9.17, 15) is 0 Å². The fraction of sp³-hybridized carbons (Fsp3) is 0.294. The van der Waals surface area contributed by atoms with E-state index >= 15 is 0 Å². The molecule has 1 N–H and O–H groups in total. The first kappa shape index (κ1) is 16.9. The molecule has 118 valence electrons. The van der Waals surface area contributed by atoms with Crippen molar-refractivity contribution in [3.8, 4) is 11.5 Å². The topological polar surface area (TPSA) is 30.5 Å². The molecule has 1 unspecified atom stereocenters. The van der Waals surface area contributed by atoms with Crippen LogP contribution in [0.25, 0.3) is 0 Å². The lowest BCUT2D eigenvalue weighted by molar-refractivity contribution is 0.392. The van der Waals surface area contributed by atoms with Crippen LogP contribution in [0.1, 0.15) is 24.1 Å². The van der Waals surface area contributed by atoms with Crippen molar-refractivity contribution in [3.63, 3.8) is 0 Å². The number of hydrogen-bond donors (Lipinski definition) is 1. The van der Waals surface area contributed by atoms with Gasteiger partial charge in [-0.3, -0.25) is 0 Å². The van der Waals surface area contributed by atoms with Crippen LogP contribution in [0.5, 0.6) is 11.5 Å². The molecular weight excluding hydrogens is 321 g/mol. The highest BCUT2D eigenvalue weighted by Gasteiger charge is 2.10. The van der Waals surface area contributed by atoms with Crippen molar-refractivity contribution in [1.29, 1.82) is 0 Å². The maximum atomic E-state index is 6.24. The second-order valence-electron chi connectivity index (χ2n) is 4.99. The van der Waals surface area contributed by atoms with Gasteiger partial charge in [0.1, 0.15) is 11.5 Å². The highest BCUT2D eigenvalue weighted by Crippen LogP contribution is 2.27. The Morgan fingerprint density at radius 2 is 1.64 bits per heavy atom. The Morgan fingerprint density at radius 3 is 2.18 bits per heavy atom. The Balaban J connectivity index is 2.08. The van der Waals surface area contributed by atoms with Crippen molar-refractivity contribution >= 4 is 23.2 Å². The molecule has 0 heterocycles. The highest BCUT2D eigenvalue weighted by atomic mass is 35.5. The number of halogens is 2. The molecule has 0 saturated heterocycles. The van der Waals surface area contributed by atoms with Gasteiger partial charge in [0.25, 0.3) is 0 Å². The molecule has 0 fully saturated rings. The van der Waals surface area contributed by atoms with Crippen molar-refractivity contribution in [3.05, 3.63) is 57.6 Å². The van der Waals surface area contributed by atoms with Gasteiger partial charge in [-0.25, -0.2) is 0 Å². The van der Waals surface area contributed by atoms with Crippen molar-refractivity contribution in [2.45, 2.75) is 19.5 Å². The minimum atomic E-state index is 0.0990. The number of rotatable bonds is 6. The third-order valence-corrected chi connectivity index (χ3v) is 4.02.